The first-order valence-electron chi connectivity index (χ1n) is 2.49. The molecule has 0 amide bonds. The summed E-state index contributed by atoms with van der Waals surface area (Å²) in [7, 11) is 3.49. The average Bonchev–Trinajstić information content (AvgIpc) is 1.82. The van der Waals surface area contributed by atoms with Crippen molar-refractivity contribution < 1.29 is 0 Å². The van der Waals surface area contributed by atoms with Crippen molar-refractivity contribution in [1.29, 1.82) is 0 Å². The number of rotatable bonds is 0. The van der Waals surface area contributed by atoms with Crippen LogP contribution in [0.5, 0.6) is 0 Å². The Morgan fingerprint density at radius 1 is 1.30 bits per heavy atom. The fourth-order valence-electron chi connectivity index (χ4n) is 0.560. The van der Waals surface area contributed by atoms with Crippen molar-refractivity contribution in [3.05, 3.63) is 39.7 Å². The number of hydrogen-bond donors (Lipinski definition) is 0. The third-order valence-corrected chi connectivity index (χ3v) is 1.53. The first-order chi connectivity index (χ1) is 4.61. The third-order valence-electron chi connectivity index (χ3n) is 0.992. The van der Waals surface area contributed by atoms with E-state index in [0.717, 1.165) is 0 Å². The summed E-state index contributed by atoms with van der Waals surface area (Å²) in [5.41, 5.74) is -0.358. The van der Waals surface area contributed by atoms with Crippen molar-refractivity contribution in [2.45, 2.75) is 0 Å². The Morgan fingerprint density at radius 3 is 2.10 bits per heavy atom. The summed E-state index contributed by atoms with van der Waals surface area (Å²) < 4.78 is 1.38. The monoisotopic (exact) mass is 176 g/mol. The van der Waals surface area contributed by atoms with Crippen LogP contribution in [-0.2, 0) is 0 Å². The van der Waals surface area contributed by atoms with Gasteiger partial charge in [0.2, 0.25) is 5.43 Å². The molecule has 0 N–H and O–H groups in total. The van der Waals surface area contributed by atoms with Crippen LogP contribution in [0.2, 0.25) is 10.0 Å². The second kappa shape index (κ2) is 2.64. The lowest BCUT2D eigenvalue weighted by molar-refractivity contribution is 1.04. The molecule has 53 valence electrons. The van der Waals surface area contributed by atoms with E-state index in [9.17, 15) is 4.79 Å². The summed E-state index contributed by atoms with van der Waals surface area (Å²) in [6.45, 7) is 0. The van der Waals surface area contributed by atoms with Crippen LogP contribution in [0.4, 0.5) is 0 Å². The van der Waals surface area contributed by atoms with Gasteiger partial charge in [0.25, 0.3) is 0 Å². The summed E-state index contributed by atoms with van der Waals surface area (Å²) in [5.74, 6) is 0. The van der Waals surface area contributed by atoms with Gasteiger partial charge in [0, 0.05) is 19.4 Å². The predicted molar refractivity (Wildman–Crippen MR) is 41.5 cm³/mol. The molecule has 1 aromatic heterocycles. The van der Waals surface area contributed by atoms with Crippen LogP contribution in [-0.4, -0.2) is 4.57 Å². The minimum Gasteiger partial charge on any atom is -0.349 e. The van der Waals surface area contributed by atoms with Crippen molar-refractivity contribution >= 4 is 23.2 Å². The molecule has 0 aliphatic rings. The Hall–Kier alpha value is -0.470. The largest absolute Gasteiger partial charge is 0.349 e. The molecule has 0 atom stereocenters. The fourth-order valence-corrected chi connectivity index (χ4v) is 1.06. The highest BCUT2D eigenvalue weighted by Gasteiger charge is 1.99. The predicted octanol–water partition coefficient (Wildman–Crippen LogP) is 1.79. The second-order valence-electron chi connectivity index (χ2n) is 1.80. The quantitative estimate of drug-likeness (QED) is 0.592. The average molecular weight is 177 g/mol. The topological polar surface area (TPSA) is 22.0 Å². The van der Waals surface area contributed by atoms with Crippen molar-refractivity contribution in [2.24, 2.45) is 0 Å². The van der Waals surface area contributed by atoms with Gasteiger partial charge in [-0.15, -0.1) is 0 Å². The molecule has 0 bridgehead atoms. The van der Waals surface area contributed by atoms with Crippen LogP contribution in [0.25, 0.3) is 0 Å². The summed E-state index contributed by atoms with van der Waals surface area (Å²) >= 11 is 10.9. The molecule has 0 aromatic carbocycles. The van der Waals surface area contributed by atoms with Crippen LogP contribution in [0.3, 0.4) is 0 Å². The smallest absolute Gasteiger partial charge is 0.218 e. The molecule has 1 radical (unpaired) electrons. The molecule has 1 heterocycles. The molecule has 2 nitrogen and oxygen atoms in total. The molecule has 0 spiro atoms. The SMILES string of the molecule is [CH2]n1cc(Cl)c(=O)c(Cl)c1. The van der Waals surface area contributed by atoms with E-state index < -0.39 is 0 Å². The highest BCUT2D eigenvalue weighted by Crippen LogP contribution is 2.06. The number of hydrogen-bond acceptors (Lipinski definition) is 1. The Morgan fingerprint density at radius 2 is 1.70 bits per heavy atom. The highest BCUT2D eigenvalue weighted by atomic mass is 35.5. The lowest BCUT2D eigenvalue weighted by Gasteiger charge is -1.96. The van der Waals surface area contributed by atoms with Crippen LogP contribution in [0.1, 0.15) is 0 Å². The van der Waals surface area contributed by atoms with E-state index >= 15 is 0 Å². The standard InChI is InChI=1S/C6H4Cl2NO/c1-9-2-4(7)6(10)5(8)3-9/h2-3H,1H2. The van der Waals surface area contributed by atoms with E-state index in [1.165, 1.54) is 17.0 Å². The van der Waals surface area contributed by atoms with E-state index in [2.05, 4.69) is 7.05 Å². The van der Waals surface area contributed by atoms with Crippen molar-refractivity contribution in [3.63, 3.8) is 0 Å². The molecule has 0 saturated heterocycles. The van der Waals surface area contributed by atoms with Crippen molar-refractivity contribution in [1.82, 2.24) is 4.57 Å². The normalized spacial score (nSPS) is 9.90. The summed E-state index contributed by atoms with van der Waals surface area (Å²) in [6.07, 6.45) is 2.80. The maximum Gasteiger partial charge on any atom is 0.218 e. The minimum absolute atomic E-state index is 0.0856. The Bertz CT molecular complexity index is 279. The second-order valence-corrected chi connectivity index (χ2v) is 2.61. The van der Waals surface area contributed by atoms with Crippen LogP contribution in [0, 0.1) is 7.05 Å². The van der Waals surface area contributed by atoms with Gasteiger partial charge in [-0.2, -0.15) is 0 Å². The highest BCUT2D eigenvalue weighted by molar-refractivity contribution is 6.34. The van der Waals surface area contributed by atoms with E-state index in [0.29, 0.717) is 0 Å². The Labute approximate surface area is 68.0 Å². The van der Waals surface area contributed by atoms with Gasteiger partial charge in [0.15, 0.2) is 0 Å². The zero-order valence-corrected chi connectivity index (χ0v) is 6.49. The minimum atomic E-state index is -0.358. The summed E-state index contributed by atoms with van der Waals surface area (Å²) in [5, 5.41) is 0.171. The van der Waals surface area contributed by atoms with Gasteiger partial charge in [-0.1, -0.05) is 23.2 Å². The molecule has 0 unspecified atom stereocenters. The molecule has 0 saturated carbocycles. The Balaban J connectivity index is 3.46. The number of halogens is 2. The van der Waals surface area contributed by atoms with E-state index in [1.807, 2.05) is 0 Å². The number of aromatic nitrogens is 1. The van der Waals surface area contributed by atoms with Gasteiger partial charge < -0.3 is 4.57 Å². The zero-order valence-electron chi connectivity index (χ0n) is 4.97. The fraction of sp³-hybridized carbons (Fsp3) is 0. The summed E-state index contributed by atoms with van der Waals surface area (Å²) in [6, 6.07) is 0. The van der Waals surface area contributed by atoms with Crippen molar-refractivity contribution in [3.8, 4) is 0 Å². The molecule has 0 aliphatic heterocycles. The number of pyridine rings is 1. The molecule has 10 heavy (non-hydrogen) atoms. The number of nitrogens with zero attached hydrogens (tertiary/aromatic N) is 1. The lowest BCUT2D eigenvalue weighted by Crippen LogP contribution is -2.04. The van der Waals surface area contributed by atoms with Gasteiger partial charge >= 0.3 is 0 Å². The van der Waals surface area contributed by atoms with Gasteiger partial charge in [-0.3, -0.25) is 4.79 Å². The maximum absolute atomic E-state index is 10.8. The maximum atomic E-state index is 10.8. The summed E-state index contributed by atoms with van der Waals surface area (Å²) in [4.78, 5) is 10.8. The first kappa shape index (κ1) is 7.63. The molecule has 0 aliphatic carbocycles. The molecule has 1 aromatic rings. The van der Waals surface area contributed by atoms with Crippen LogP contribution >= 0.6 is 23.2 Å². The van der Waals surface area contributed by atoms with Crippen molar-refractivity contribution in [2.75, 3.05) is 0 Å². The Kier molecular flexibility index (Phi) is 2.02. The van der Waals surface area contributed by atoms with Gasteiger partial charge in [-0.25, -0.2) is 0 Å². The zero-order chi connectivity index (χ0) is 7.72. The third kappa shape index (κ3) is 1.33. The van der Waals surface area contributed by atoms with E-state index in [-0.39, 0.29) is 15.5 Å². The van der Waals surface area contributed by atoms with Gasteiger partial charge in [-0.05, 0) is 0 Å². The van der Waals surface area contributed by atoms with Gasteiger partial charge in [0.05, 0.1) is 0 Å². The van der Waals surface area contributed by atoms with Crippen LogP contribution in [0.15, 0.2) is 17.2 Å². The first-order valence-corrected chi connectivity index (χ1v) is 3.25. The van der Waals surface area contributed by atoms with E-state index in [1.54, 1.807) is 0 Å². The lowest BCUT2D eigenvalue weighted by atomic mass is 10.5. The molecule has 1 rings (SSSR count). The molecular weight excluding hydrogens is 173 g/mol. The van der Waals surface area contributed by atoms with E-state index in [4.69, 9.17) is 23.2 Å². The van der Waals surface area contributed by atoms with Gasteiger partial charge in [0.1, 0.15) is 10.0 Å². The van der Waals surface area contributed by atoms with Crippen LogP contribution < -0.4 is 5.43 Å². The molecular formula is C6H4Cl2NO. The molecule has 4 heteroatoms. The molecule has 0 fully saturated rings.